The smallest absolute Gasteiger partial charge is 0.191 e. The van der Waals surface area contributed by atoms with Gasteiger partial charge in [-0.3, -0.25) is 9.89 Å². The normalized spacial score (nSPS) is 16.3. The van der Waals surface area contributed by atoms with Gasteiger partial charge in [0.25, 0.3) is 0 Å². The molecule has 0 amide bonds. The molecule has 1 aromatic carbocycles. The first kappa shape index (κ1) is 25.8. The molecule has 1 aromatic rings. The first-order chi connectivity index (χ1) is 13.2. The lowest BCUT2D eigenvalue weighted by atomic mass is 10.0. The Bertz CT molecular complexity index is 573. The Balaban J connectivity index is 0.00000392. The maximum Gasteiger partial charge on any atom is 0.191 e. The fraction of sp³-hybridized carbons (Fsp3) is 0.650. The number of hydrogen-bond acceptors (Lipinski definition) is 4. The lowest BCUT2D eigenvalue weighted by Gasteiger charge is -2.34. The van der Waals surface area contributed by atoms with E-state index in [1.807, 2.05) is 23.9 Å². The Morgan fingerprint density at radius 3 is 2.75 bits per heavy atom. The molecule has 0 aromatic heterocycles. The van der Waals surface area contributed by atoms with Crippen LogP contribution in [0.25, 0.3) is 0 Å². The van der Waals surface area contributed by atoms with Crippen LogP contribution >= 0.6 is 47.3 Å². The predicted octanol–water partition coefficient (Wildman–Crippen LogP) is 4.03. The lowest BCUT2D eigenvalue weighted by Crippen LogP contribution is -2.42. The molecule has 0 spiro atoms. The number of unbranched alkanes of at least 4 members (excludes halogenated alkanes) is 1. The average Bonchev–Trinajstić information content (AvgIpc) is 2.69. The quantitative estimate of drug-likeness (QED) is 0.203. The molecule has 0 saturated carbocycles. The molecule has 1 aliphatic heterocycles. The molecule has 1 heterocycles. The van der Waals surface area contributed by atoms with Crippen molar-refractivity contribution in [3.63, 3.8) is 0 Å². The fourth-order valence-electron chi connectivity index (χ4n) is 3.13. The number of halogens is 2. The van der Waals surface area contributed by atoms with E-state index in [4.69, 9.17) is 21.3 Å². The number of aliphatic imine (C=N–C) groups is 1. The molecule has 1 fully saturated rings. The Morgan fingerprint density at radius 1 is 1.29 bits per heavy atom. The summed E-state index contributed by atoms with van der Waals surface area (Å²) in [6.45, 7) is 7.99. The van der Waals surface area contributed by atoms with Crippen LogP contribution in [-0.2, 0) is 4.74 Å². The molecule has 2 N–H and O–H groups in total. The minimum Gasteiger partial charge on any atom is -0.379 e. The molecule has 1 saturated heterocycles. The Labute approximate surface area is 196 Å². The first-order valence-electron chi connectivity index (χ1n) is 9.83. The van der Waals surface area contributed by atoms with Gasteiger partial charge in [0.15, 0.2) is 5.96 Å². The van der Waals surface area contributed by atoms with Gasteiger partial charge in [0.05, 0.1) is 25.8 Å². The first-order valence-corrected chi connectivity index (χ1v) is 11.6. The van der Waals surface area contributed by atoms with Crippen LogP contribution in [-0.4, -0.2) is 68.8 Å². The highest BCUT2D eigenvalue weighted by Crippen LogP contribution is 2.24. The number of morpholine rings is 1. The number of rotatable bonds is 10. The number of thioether (sulfide) groups is 1. The molecule has 0 radical (unpaired) electrons. The molecular formula is C20H34ClIN4OS. The minimum atomic E-state index is 0. The molecular weight excluding hydrogens is 507 g/mol. The standard InChI is InChI=1S/C20H33ClN4OS.HI/c1-3-22-20(23-9-4-5-14-27-2)24-16-19(25-10-12-26-13-11-25)17-7-6-8-18(21)15-17;/h6-8,15,19H,3-5,9-14,16H2,1-2H3,(H2,22,23,24);1H. The summed E-state index contributed by atoms with van der Waals surface area (Å²) in [5, 5.41) is 7.59. The molecule has 28 heavy (non-hydrogen) atoms. The van der Waals surface area contributed by atoms with E-state index in [2.05, 4.69) is 40.8 Å². The summed E-state index contributed by atoms with van der Waals surface area (Å²) in [7, 11) is 0. The van der Waals surface area contributed by atoms with E-state index in [0.29, 0.717) is 6.54 Å². The van der Waals surface area contributed by atoms with Crippen LogP contribution in [0.5, 0.6) is 0 Å². The molecule has 1 atom stereocenters. The second-order valence-electron chi connectivity index (χ2n) is 6.57. The van der Waals surface area contributed by atoms with Crippen molar-refractivity contribution in [1.82, 2.24) is 15.5 Å². The minimum absolute atomic E-state index is 0. The summed E-state index contributed by atoms with van der Waals surface area (Å²) in [5.74, 6) is 2.10. The zero-order valence-corrected chi connectivity index (χ0v) is 20.9. The SMILES string of the molecule is CCNC(=NCC(c1cccc(Cl)c1)N1CCOCC1)NCCCCSC.I. The number of ether oxygens (including phenoxy) is 1. The lowest BCUT2D eigenvalue weighted by molar-refractivity contribution is 0.0180. The van der Waals surface area contributed by atoms with Crippen molar-refractivity contribution in [2.45, 2.75) is 25.8 Å². The summed E-state index contributed by atoms with van der Waals surface area (Å²) in [6, 6.07) is 8.35. The van der Waals surface area contributed by atoms with Gasteiger partial charge in [0, 0.05) is 31.2 Å². The zero-order valence-electron chi connectivity index (χ0n) is 17.0. The highest BCUT2D eigenvalue weighted by molar-refractivity contribution is 14.0. The van der Waals surface area contributed by atoms with Crippen molar-refractivity contribution in [3.8, 4) is 0 Å². The van der Waals surface area contributed by atoms with Crippen molar-refractivity contribution in [2.75, 3.05) is 57.9 Å². The molecule has 8 heteroatoms. The molecule has 1 aliphatic rings. The largest absolute Gasteiger partial charge is 0.379 e. The summed E-state index contributed by atoms with van der Waals surface area (Å²) in [6.07, 6.45) is 4.54. The second-order valence-corrected chi connectivity index (χ2v) is 7.99. The molecule has 160 valence electrons. The topological polar surface area (TPSA) is 48.9 Å². The predicted molar refractivity (Wildman–Crippen MR) is 134 cm³/mol. The van der Waals surface area contributed by atoms with E-state index in [1.54, 1.807) is 0 Å². The van der Waals surface area contributed by atoms with Crippen LogP contribution in [0.1, 0.15) is 31.4 Å². The van der Waals surface area contributed by atoms with Crippen LogP contribution in [0.2, 0.25) is 5.02 Å². The van der Waals surface area contributed by atoms with Crippen LogP contribution in [0, 0.1) is 0 Å². The Morgan fingerprint density at radius 2 is 2.07 bits per heavy atom. The van der Waals surface area contributed by atoms with Gasteiger partial charge < -0.3 is 15.4 Å². The van der Waals surface area contributed by atoms with Crippen molar-refractivity contribution in [2.24, 2.45) is 4.99 Å². The Kier molecular flexibility index (Phi) is 14.4. The van der Waals surface area contributed by atoms with E-state index in [9.17, 15) is 0 Å². The van der Waals surface area contributed by atoms with Crippen molar-refractivity contribution in [3.05, 3.63) is 34.9 Å². The molecule has 5 nitrogen and oxygen atoms in total. The third-order valence-electron chi connectivity index (χ3n) is 4.55. The Hall–Kier alpha value is -0.220. The summed E-state index contributed by atoms with van der Waals surface area (Å²) in [4.78, 5) is 7.32. The van der Waals surface area contributed by atoms with Gasteiger partial charge in [-0.05, 0) is 49.5 Å². The van der Waals surface area contributed by atoms with Crippen LogP contribution in [0.15, 0.2) is 29.3 Å². The number of nitrogens with zero attached hydrogens (tertiary/aromatic N) is 2. The number of benzene rings is 1. The van der Waals surface area contributed by atoms with Crippen molar-refractivity contribution in [1.29, 1.82) is 0 Å². The van der Waals surface area contributed by atoms with Gasteiger partial charge in [-0.1, -0.05) is 23.7 Å². The van der Waals surface area contributed by atoms with Crippen LogP contribution in [0.4, 0.5) is 0 Å². The monoisotopic (exact) mass is 540 g/mol. The molecule has 2 rings (SSSR count). The van der Waals surface area contributed by atoms with Crippen LogP contribution < -0.4 is 10.6 Å². The van der Waals surface area contributed by atoms with Crippen LogP contribution in [0.3, 0.4) is 0 Å². The second kappa shape index (κ2) is 15.6. The number of guanidine groups is 1. The number of nitrogens with one attached hydrogen (secondary N) is 2. The van der Waals surface area contributed by atoms with E-state index < -0.39 is 0 Å². The summed E-state index contributed by atoms with van der Waals surface area (Å²) < 4.78 is 5.53. The van der Waals surface area contributed by atoms with Gasteiger partial charge in [-0.15, -0.1) is 24.0 Å². The van der Waals surface area contributed by atoms with Gasteiger partial charge in [0.1, 0.15) is 0 Å². The van der Waals surface area contributed by atoms with E-state index in [1.165, 1.54) is 17.7 Å². The molecule has 0 bridgehead atoms. The third-order valence-corrected chi connectivity index (χ3v) is 5.49. The number of hydrogen-bond donors (Lipinski definition) is 2. The molecule has 1 unspecified atom stereocenters. The fourth-order valence-corrected chi connectivity index (χ4v) is 3.82. The van der Waals surface area contributed by atoms with Crippen molar-refractivity contribution < 1.29 is 4.74 Å². The maximum absolute atomic E-state index is 6.25. The van der Waals surface area contributed by atoms with Crippen molar-refractivity contribution >= 4 is 53.3 Å². The van der Waals surface area contributed by atoms with Gasteiger partial charge in [-0.2, -0.15) is 11.8 Å². The maximum atomic E-state index is 6.25. The summed E-state index contributed by atoms with van der Waals surface area (Å²) >= 11 is 8.14. The van der Waals surface area contributed by atoms with E-state index in [0.717, 1.165) is 56.8 Å². The van der Waals surface area contributed by atoms with E-state index in [-0.39, 0.29) is 30.0 Å². The van der Waals surface area contributed by atoms with Gasteiger partial charge in [-0.25, -0.2) is 0 Å². The highest BCUT2D eigenvalue weighted by Gasteiger charge is 2.22. The van der Waals surface area contributed by atoms with Gasteiger partial charge in [0.2, 0.25) is 0 Å². The van der Waals surface area contributed by atoms with Gasteiger partial charge >= 0.3 is 0 Å². The highest BCUT2D eigenvalue weighted by atomic mass is 127. The average molecular weight is 541 g/mol. The zero-order chi connectivity index (χ0) is 19.3. The van der Waals surface area contributed by atoms with E-state index >= 15 is 0 Å². The summed E-state index contributed by atoms with van der Waals surface area (Å²) in [5.41, 5.74) is 1.21. The molecule has 0 aliphatic carbocycles. The third kappa shape index (κ3) is 9.52.